The number of nitriles is 1. The second-order valence-corrected chi connectivity index (χ2v) is 5.03. The molecule has 0 spiro atoms. The molecule has 3 aromatic rings. The van der Waals surface area contributed by atoms with Gasteiger partial charge in [-0.3, -0.25) is 4.98 Å². The minimum atomic E-state index is -0.542. The number of aliphatic hydroxyl groups is 1. The summed E-state index contributed by atoms with van der Waals surface area (Å²) in [4.78, 5) is 4.16. The van der Waals surface area contributed by atoms with Gasteiger partial charge in [0.1, 0.15) is 0 Å². The molecule has 102 valence electrons. The summed E-state index contributed by atoms with van der Waals surface area (Å²) in [7, 11) is 0. The number of benzene rings is 2. The van der Waals surface area contributed by atoms with E-state index in [0.717, 1.165) is 27.5 Å². The van der Waals surface area contributed by atoms with Gasteiger partial charge in [-0.2, -0.15) is 5.26 Å². The highest BCUT2D eigenvalue weighted by molar-refractivity contribution is 5.88. The number of hydrogen-bond acceptors (Lipinski definition) is 3. The first-order valence-electron chi connectivity index (χ1n) is 6.75. The SMILES string of the molecule is C[C@H](O)c1ccncc1-c1ccc2cc(C#N)ccc2c1. The van der Waals surface area contributed by atoms with E-state index in [1.807, 2.05) is 36.4 Å². The van der Waals surface area contributed by atoms with Crippen molar-refractivity contribution < 1.29 is 5.11 Å². The Balaban J connectivity index is 2.16. The fraction of sp³-hybridized carbons (Fsp3) is 0.111. The van der Waals surface area contributed by atoms with E-state index in [1.54, 1.807) is 19.3 Å². The monoisotopic (exact) mass is 274 g/mol. The van der Waals surface area contributed by atoms with Crippen LogP contribution in [0.1, 0.15) is 24.2 Å². The molecule has 1 N–H and O–H groups in total. The van der Waals surface area contributed by atoms with E-state index in [-0.39, 0.29) is 0 Å². The van der Waals surface area contributed by atoms with Crippen LogP contribution in [0.3, 0.4) is 0 Å². The molecule has 3 nitrogen and oxygen atoms in total. The molecule has 3 rings (SSSR count). The maximum Gasteiger partial charge on any atom is 0.0991 e. The summed E-state index contributed by atoms with van der Waals surface area (Å²) in [6.07, 6.45) is 2.92. The van der Waals surface area contributed by atoms with Gasteiger partial charge < -0.3 is 5.11 Å². The lowest BCUT2D eigenvalue weighted by molar-refractivity contribution is 0.200. The minimum Gasteiger partial charge on any atom is -0.389 e. The highest BCUT2D eigenvalue weighted by Gasteiger charge is 2.10. The van der Waals surface area contributed by atoms with Crippen LogP contribution < -0.4 is 0 Å². The molecule has 0 fully saturated rings. The van der Waals surface area contributed by atoms with Gasteiger partial charge in [-0.1, -0.05) is 18.2 Å². The van der Waals surface area contributed by atoms with Gasteiger partial charge in [0.05, 0.1) is 17.7 Å². The quantitative estimate of drug-likeness (QED) is 0.772. The zero-order chi connectivity index (χ0) is 14.8. The smallest absolute Gasteiger partial charge is 0.0991 e. The van der Waals surface area contributed by atoms with Crippen LogP contribution >= 0.6 is 0 Å². The fourth-order valence-electron chi connectivity index (χ4n) is 2.49. The Morgan fingerprint density at radius 1 is 1.10 bits per heavy atom. The largest absolute Gasteiger partial charge is 0.389 e. The van der Waals surface area contributed by atoms with E-state index < -0.39 is 6.10 Å². The van der Waals surface area contributed by atoms with E-state index in [0.29, 0.717) is 5.56 Å². The van der Waals surface area contributed by atoms with Crippen molar-refractivity contribution >= 4 is 10.8 Å². The molecule has 0 aliphatic carbocycles. The van der Waals surface area contributed by atoms with E-state index in [1.165, 1.54) is 0 Å². The zero-order valence-electron chi connectivity index (χ0n) is 11.6. The van der Waals surface area contributed by atoms with Crippen LogP contribution in [0.25, 0.3) is 21.9 Å². The Kier molecular flexibility index (Phi) is 3.39. The van der Waals surface area contributed by atoms with Crippen LogP contribution in [0, 0.1) is 11.3 Å². The molecular weight excluding hydrogens is 260 g/mol. The maximum atomic E-state index is 9.88. The maximum absolute atomic E-state index is 9.88. The van der Waals surface area contributed by atoms with Crippen molar-refractivity contribution in [1.29, 1.82) is 5.26 Å². The number of pyridine rings is 1. The number of hydrogen-bond donors (Lipinski definition) is 1. The molecule has 3 heteroatoms. The molecule has 1 aromatic heterocycles. The average Bonchev–Trinajstić information content (AvgIpc) is 2.53. The molecule has 2 aromatic carbocycles. The third-order valence-electron chi connectivity index (χ3n) is 3.59. The van der Waals surface area contributed by atoms with Crippen LogP contribution in [0.2, 0.25) is 0 Å². The van der Waals surface area contributed by atoms with Gasteiger partial charge in [-0.15, -0.1) is 0 Å². The summed E-state index contributed by atoms with van der Waals surface area (Å²) in [5.41, 5.74) is 3.45. The van der Waals surface area contributed by atoms with Gasteiger partial charge >= 0.3 is 0 Å². The number of nitrogens with zero attached hydrogens (tertiary/aromatic N) is 2. The molecule has 1 heterocycles. The molecule has 0 bridgehead atoms. The third-order valence-corrected chi connectivity index (χ3v) is 3.59. The first-order chi connectivity index (χ1) is 10.2. The molecular formula is C18H14N2O. The van der Waals surface area contributed by atoms with E-state index in [9.17, 15) is 5.11 Å². The van der Waals surface area contributed by atoms with Crippen molar-refractivity contribution in [2.24, 2.45) is 0 Å². The number of fused-ring (bicyclic) bond motifs is 1. The van der Waals surface area contributed by atoms with Gasteiger partial charge in [0.2, 0.25) is 0 Å². The van der Waals surface area contributed by atoms with Crippen molar-refractivity contribution in [3.8, 4) is 17.2 Å². The Morgan fingerprint density at radius 2 is 1.86 bits per heavy atom. The standard InChI is InChI=1S/C18H14N2O/c1-12(21)17-6-7-20-11-18(17)16-5-4-14-8-13(10-19)2-3-15(14)9-16/h2-9,11-12,21H,1H3/t12-/m0/s1. The number of rotatable bonds is 2. The number of aromatic nitrogens is 1. The van der Waals surface area contributed by atoms with Gasteiger partial charge in [0.25, 0.3) is 0 Å². The first-order valence-corrected chi connectivity index (χ1v) is 6.75. The topological polar surface area (TPSA) is 56.9 Å². The average molecular weight is 274 g/mol. The van der Waals surface area contributed by atoms with Crippen molar-refractivity contribution in [3.05, 3.63) is 66.0 Å². The van der Waals surface area contributed by atoms with Crippen molar-refractivity contribution in [1.82, 2.24) is 4.98 Å². The highest BCUT2D eigenvalue weighted by atomic mass is 16.3. The number of aliphatic hydroxyl groups excluding tert-OH is 1. The summed E-state index contributed by atoms with van der Waals surface area (Å²) in [6.45, 7) is 1.75. The molecule has 0 amide bonds. The van der Waals surface area contributed by atoms with Crippen LogP contribution in [0.4, 0.5) is 0 Å². The lowest BCUT2D eigenvalue weighted by atomic mass is 9.96. The first kappa shape index (κ1) is 13.3. The van der Waals surface area contributed by atoms with Crippen LogP contribution in [-0.2, 0) is 0 Å². The summed E-state index contributed by atoms with van der Waals surface area (Å²) in [5.74, 6) is 0. The zero-order valence-corrected chi connectivity index (χ0v) is 11.6. The van der Waals surface area contributed by atoms with E-state index in [4.69, 9.17) is 5.26 Å². The normalized spacial score (nSPS) is 12.0. The summed E-state index contributed by atoms with van der Waals surface area (Å²) in [6, 6.07) is 15.6. The van der Waals surface area contributed by atoms with Gasteiger partial charge in [0, 0.05) is 18.0 Å². The van der Waals surface area contributed by atoms with E-state index in [2.05, 4.69) is 17.1 Å². The van der Waals surface area contributed by atoms with Crippen molar-refractivity contribution in [2.45, 2.75) is 13.0 Å². The molecule has 0 radical (unpaired) electrons. The molecule has 0 unspecified atom stereocenters. The summed E-state index contributed by atoms with van der Waals surface area (Å²) < 4.78 is 0. The second-order valence-electron chi connectivity index (χ2n) is 5.03. The lowest BCUT2D eigenvalue weighted by Crippen LogP contribution is -1.95. The molecule has 0 aliphatic rings. The summed E-state index contributed by atoms with van der Waals surface area (Å²) in [5, 5.41) is 20.9. The molecule has 0 aliphatic heterocycles. The molecule has 1 atom stereocenters. The molecule has 21 heavy (non-hydrogen) atoms. The van der Waals surface area contributed by atoms with Gasteiger partial charge in [-0.25, -0.2) is 0 Å². The lowest BCUT2D eigenvalue weighted by Gasteiger charge is -2.12. The van der Waals surface area contributed by atoms with Gasteiger partial charge in [0.15, 0.2) is 0 Å². The Labute approximate surface area is 123 Å². The van der Waals surface area contributed by atoms with Crippen molar-refractivity contribution in [3.63, 3.8) is 0 Å². The Hall–Kier alpha value is -2.70. The predicted molar refractivity (Wildman–Crippen MR) is 82.5 cm³/mol. The third kappa shape index (κ3) is 2.49. The highest BCUT2D eigenvalue weighted by Crippen LogP contribution is 2.30. The van der Waals surface area contributed by atoms with Crippen LogP contribution in [-0.4, -0.2) is 10.1 Å². The second kappa shape index (κ2) is 5.35. The molecule has 0 saturated heterocycles. The Morgan fingerprint density at radius 3 is 2.62 bits per heavy atom. The van der Waals surface area contributed by atoms with Gasteiger partial charge in [-0.05, 0) is 53.1 Å². The van der Waals surface area contributed by atoms with Crippen LogP contribution in [0.15, 0.2) is 54.9 Å². The summed E-state index contributed by atoms with van der Waals surface area (Å²) >= 11 is 0. The van der Waals surface area contributed by atoms with Crippen LogP contribution in [0.5, 0.6) is 0 Å². The predicted octanol–water partition coefficient (Wildman–Crippen LogP) is 3.83. The minimum absolute atomic E-state index is 0.542. The van der Waals surface area contributed by atoms with E-state index >= 15 is 0 Å². The fourth-order valence-corrected chi connectivity index (χ4v) is 2.49. The molecule has 0 saturated carbocycles. The van der Waals surface area contributed by atoms with Crippen molar-refractivity contribution in [2.75, 3.05) is 0 Å². The Bertz CT molecular complexity index is 847.